The molecular weight excluding hydrogens is 252 g/mol. The van der Waals surface area contributed by atoms with Crippen LogP contribution in [-0.4, -0.2) is 25.6 Å². The normalized spacial score (nSPS) is 19.1. The van der Waals surface area contributed by atoms with Gasteiger partial charge in [-0.3, -0.25) is 4.79 Å². The minimum absolute atomic E-state index is 0.00610. The van der Waals surface area contributed by atoms with E-state index in [1.54, 1.807) is 25.0 Å². The van der Waals surface area contributed by atoms with E-state index in [9.17, 15) is 4.79 Å². The minimum atomic E-state index is 0.00610. The van der Waals surface area contributed by atoms with Gasteiger partial charge in [0.05, 0.1) is 12.1 Å². The quantitative estimate of drug-likeness (QED) is 0.847. The summed E-state index contributed by atoms with van der Waals surface area (Å²) in [6.07, 6.45) is 1.51. The zero-order valence-electron chi connectivity index (χ0n) is 10.6. The molecule has 0 fully saturated rings. The van der Waals surface area contributed by atoms with Crippen molar-refractivity contribution in [1.29, 1.82) is 0 Å². The maximum Gasteiger partial charge on any atom is 0.223 e. The standard InChI is InChI=1S/C13H17ClN2O2/c1-8(17)16-4-3-10(15)5-9-6-13(18-2)11(14)7-12(9)16/h6-7,10H,3-5,15H2,1-2H3. The van der Waals surface area contributed by atoms with Crippen molar-refractivity contribution in [2.24, 2.45) is 5.73 Å². The van der Waals surface area contributed by atoms with Crippen molar-refractivity contribution < 1.29 is 9.53 Å². The first-order chi connectivity index (χ1) is 8.52. The lowest BCUT2D eigenvalue weighted by atomic mass is 10.0. The number of amides is 1. The number of ether oxygens (including phenoxy) is 1. The molecule has 1 unspecified atom stereocenters. The van der Waals surface area contributed by atoms with Gasteiger partial charge in [0.25, 0.3) is 0 Å². The van der Waals surface area contributed by atoms with Crippen LogP contribution in [0.3, 0.4) is 0 Å². The van der Waals surface area contributed by atoms with Crippen LogP contribution in [0.25, 0.3) is 0 Å². The van der Waals surface area contributed by atoms with Crippen molar-refractivity contribution in [2.75, 3.05) is 18.6 Å². The average Bonchev–Trinajstić information content (AvgIpc) is 2.46. The van der Waals surface area contributed by atoms with Gasteiger partial charge in [-0.25, -0.2) is 0 Å². The van der Waals surface area contributed by atoms with Crippen molar-refractivity contribution in [3.8, 4) is 5.75 Å². The van der Waals surface area contributed by atoms with Crippen LogP contribution in [0, 0.1) is 0 Å². The van der Waals surface area contributed by atoms with Crippen molar-refractivity contribution in [2.45, 2.75) is 25.8 Å². The van der Waals surface area contributed by atoms with Crippen LogP contribution in [0.4, 0.5) is 5.69 Å². The number of rotatable bonds is 1. The van der Waals surface area contributed by atoms with Gasteiger partial charge in [0, 0.05) is 25.2 Å². The molecule has 0 spiro atoms. The number of benzene rings is 1. The number of halogens is 1. The molecule has 1 aromatic carbocycles. The molecule has 0 aromatic heterocycles. The fourth-order valence-corrected chi connectivity index (χ4v) is 2.52. The molecule has 1 aromatic rings. The lowest BCUT2D eigenvalue weighted by Crippen LogP contribution is -2.31. The van der Waals surface area contributed by atoms with Crippen LogP contribution in [-0.2, 0) is 11.2 Å². The second-order valence-electron chi connectivity index (χ2n) is 4.54. The second kappa shape index (κ2) is 5.16. The van der Waals surface area contributed by atoms with E-state index in [0.717, 1.165) is 24.1 Å². The first kappa shape index (κ1) is 13.2. The molecule has 2 N–H and O–H groups in total. The third-order valence-corrected chi connectivity index (χ3v) is 3.52. The summed E-state index contributed by atoms with van der Waals surface area (Å²) >= 11 is 6.13. The van der Waals surface area contributed by atoms with E-state index in [-0.39, 0.29) is 11.9 Å². The van der Waals surface area contributed by atoms with E-state index in [1.807, 2.05) is 6.07 Å². The maximum absolute atomic E-state index is 11.7. The van der Waals surface area contributed by atoms with Gasteiger partial charge in [-0.2, -0.15) is 0 Å². The summed E-state index contributed by atoms with van der Waals surface area (Å²) in [6, 6.07) is 3.72. The van der Waals surface area contributed by atoms with Gasteiger partial charge in [-0.05, 0) is 30.5 Å². The van der Waals surface area contributed by atoms with Gasteiger partial charge in [0.15, 0.2) is 0 Å². The summed E-state index contributed by atoms with van der Waals surface area (Å²) in [6.45, 7) is 2.19. The topological polar surface area (TPSA) is 55.6 Å². The molecule has 0 bridgehead atoms. The highest BCUT2D eigenvalue weighted by atomic mass is 35.5. The zero-order valence-corrected chi connectivity index (χ0v) is 11.3. The van der Waals surface area contributed by atoms with Crippen LogP contribution >= 0.6 is 11.6 Å². The Hall–Kier alpha value is -1.26. The number of carbonyl (C=O) groups excluding carboxylic acids is 1. The van der Waals surface area contributed by atoms with E-state index >= 15 is 0 Å². The summed E-state index contributed by atoms with van der Waals surface area (Å²) < 4.78 is 5.21. The second-order valence-corrected chi connectivity index (χ2v) is 4.95. The van der Waals surface area contributed by atoms with Crippen molar-refractivity contribution in [3.63, 3.8) is 0 Å². The minimum Gasteiger partial charge on any atom is -0.495 e. The summed E-state index contributed by atoms with van der Waals surface area (Å²) in [5.74, 6) is 0.625. The number of nitrogens with two attached hydrogens (primary N) is 1. The summed E-state index contributed by atoms with van der Waals surface area (Å²) in [7, 11) is 1.58. The van der Waals surface area contributed by atoms with E-state index in [2.05, 4.69) is 0 Å². The van der Waals surface area contributed by atoms with Crippen molar-refractivity contribution in [3.05, 3.63) is 22.7 Å². The van der Waals surface area contributed by atoms with E-state index < -0.39 is 0 Å². The molecule has 0 aliphatic carbocycles. The van der Waals surface area contributed by atoms with Gasteiger partial charge < -0.3 is 15.4 Å². The fourth-order valence-electron chi connectivity index (χ4n) is 2.28. The van der Waals surface area contributed by atoms with Gasteiger partial charge >= 0.3 is 0 Å². The summed E-state index contributed by atoms with van der Waals surface area (Å²) in [4.78, 5) is 13.4. The average molecular weight is 269 g/mol. The monoisotopic (exact) mass is 268 g/mol. The molecule has 1 amide bonds. The molecule has 98 valence electrons. The van der Waals surface area contributed by atoms with E-state index in [4.69, 9.17) is 22.1 Å². The molecule has 4 nitrogen and oxygen atoms in total. The van der Waals surface area contributed by atoms with Crippen LogP contribution in [0.2, 0.25) is 5.02 Å². The molecule has 0 saturated carbocycles. The Morgan fingerprint density at radius 3 is 2.89 bits per heavy atom. The summed E-state index contributed by atoms with van der Waals surface area (Å²) in [5, 5.41) is 0.512. The Kier molecular flexibility index (Phi) is 3.78. The number of nitrogens with zero attached hydrogens (tertiary/aromatic N) is 1. The molecule has 0 radical (unpaired) electrons. The number of anilines is 1. The largest absolute Gasteiger partial charge is 0.495 e. The molecule has 0 saturated heterocycles. The third kappa shape index (κ3) is 2.44. The van der Waals surface area contributed by atoms with Crippen LogP contribution in [0.1, 0.15) is 18.9 Å². The SMILES string of the molecule is COc1cc2c(cc1Cl)N(C(C)=O)CCC(N)C2. The molecule has 1 heterocycles. The molecule has 2 rings (SSSR count). The Bertz CT molecular complexity index is 476. The third-order valence-electron chi connectivity index (χ3n) is 3.23. The highest BCUT2D eigenvalue weighted by Gasteiger charge is 2.23. The van der Waals surface area contributed by atoms with Crippen LogP contribution in [0.15, 0.2) is 12.1 Å². The highest BCUT2D eigenvalue weighted by Crippen LogP contribution is 2.35. The molecule has 5 heteroatoms. The molecule has 1 aliphatic heterocycles. The first-order valence-corrected chi connectivity index (χ1v) is 6.30. The maximum atomic E-state index is 11.7. The number of hydrogen-bond donors (Lipinski definition) is 1. The lowest BCUT2D eigenvalue weighted by Gasteiger charge is -2.22. The number of methoxy groups -OCH3 is 1. The van der Waals surface area contributed by atoms with Gasteiger partial charge in [0.1, 0.15) is 5.75 Å². The Labute approximate surface area is 112 Å². The fraction of sp³-hybridized carbons (Fsp3) is 0.462. The number of fused-ring (bicyclic) bond motifs is 1. The Morgan fingerprint density at radius 2 is 2.28 bits per heavy atom. The van der Waals surface area contributed by atoms with Gasteiger partial charge in [-0.1, -0.05) is 11.6 Å². The Morgan fingerprint density at radius 1 is 1.56 bits per heavy atom. The number of carbonyl (C=O) groups is 1. The van der Waals surface area contributed by atoms with E-state index in [0.29, 0.717) is 17.3 Å². The molecule has 1 aliphatic rings. The lowest BCUT2D eigenvalue weighted by molar-refractivity contribution is -0.116. The van der Waals surface area contributed by atoms with Crippen molar-refractivity contribution in [1.82, 2.24) is 0 Å². The van der Waals surface area contributed by atoms with Crippen LogP contribution < -0.4 is 15.4 Å². The predicted molar refractivity (Wildman–Crippen MR) is 72.3 cm³/mol. The van der Waals surface area contributed by atoms with Crippen molar-refractivity contribution >= 4 is 23.2 Å². The first-order valence-electron chi connectivity index (χ1n) is 5.93. The molecule has 18 heavy (non-hydrogen) atoms. The molecular formula is C13H17ClN2O2. The predicted octanol–water partition coefficient (Wildman–Crippen LogP) is 1.98. The van der Waals surface area contributed by atoms with E-state index in [1.165, 1.54) is 0 Å². The van der Waals surface area contributed by atoms with Gasteiger partial charge in [-0.15, -0.1) is 0 Å². The zero-order chi connectivity index (χ0) is 13.3. The Balaban J connectivity index is 2.52. The summed E-state index contributed by atoms with van der Waals surface area (Å²) in [5.41, 5.74) is 7.89. The van der Waals surface area contributed by atoms with Crippen LogP contribution in [0.5, 0.6) is 5.75 Å². The van der Waals surface area contributed by atoms with Gasteiger partial charge in [0.2, 0.25) is 5.91 Å². The smallest absolute Gasteiger partial charge is 0.223 e. The molecule has 1 atom stereocenters. The highest BCUT2D eigenvalue weighted by molar-refractivity contribution is 6.32. The number of hydrogen-bond acceptors (Lipinski definition) is 3.